The molecule has 110 valence electrons. The van der Waals surface area contributed by atoms with E-state index >= 15 is 0 Å². The Hall–Kier alpha value is -1.36. The molecule has 1 aromatic heterocycles. The molecule has 1 fully saturated rings. The number of allylic oxidation sites excluding steroid dienone is 2. The van der Waals surface area contributed by atoms with Gasteiger partial charge in [0.1, 0.15) is 5.76 Å². The minimum absolute atomic E-state index is 0.172. The monoisotopic (exact) mass is 278 g/mol. The number of methoxy groups -OCH3 is 1. The van der Waals surface area contributed by atoms with Gasteiger partial charge in [-0.3, -0.25) is 0 Å². The molecule has 0 radical (unpaired) electrons. The summed E-state index contributed by atoms with van der Waals surface area (Å²) < 4.78 is 11.4. The van der Waals surface area contributed by atoms with Crippen molar-refractivity contribution >= 4 is 5.57 Å². The number of nitrogens with zero attached hydrogens (tertiary/aromatic N) is 2. The standard InChI is InChI=1S/C15H22N2O3/c1-19-13-9-5-3-7-11(13)15-17-16-14(20-15)10-6-2-4-8-12(10)18/h11,13,18H,2-9H2,1H3. The zero-order chi connectivity index (χ0) is 13.9. The van der Waals surface area contributed by atoms with Crippen molar-refractivity contribution in [1.29, 1.82) is 0 Å². The summed E-state index contributed by atoms with van der Waals surface area (Å²) in [5, 5.41) is 18.3. The van der Waals surface area contributed by atoms with Crippen molar-refractivity contribution in [2.45, 2.75) is 63.4 Å². The Kier molecular flexibility index (Phi) is 4.05. The molecule has 2 aliphatic rings. The molecule has 2 aliphatic carbocycles. The first-order valence-electron chi connectivity index (χ1n) is 7.57. The fourth-order valence-electron chi connectivity index (χ4n) is 3.29. The van der Waals surface area contributed by atoms with Gasteiger partial charge in [0.15, 0.2) is 0 Å². The highest BCUT2D eigenvalue weighted by molar-refractivity contribution is 5.61. The molecule has 3 rings (SSSR count). The van der Waals surface area contributed by atoms with Crippen LogP contribution >= 0.6 is 0 Å². The molecule has 5 heteroatoms. The number of aliphatic hydroxyl groups is 1. The van der Waals surface area contributed by atoms with Gasteiger partial charge in [-0.15, -0.1) is 10.2 Å². The number of aliphatic hydroxyl groups excluding tert-OH is 1. The fraction of sp³-hybridized carbons (Fsp3) is 0.733. The first-order valence-corrected chi connectivity index (χ1v) is 7.57. The van der Waals surface area contributed by atoms with E-state index in [1.807, 2.05) is 0 Å². The summed E-state index contributed by atoms with van der Waals surface area (Å²) in [4.78, 5) is 0. The average molecular weight is 278 g/mol. The third-order valence-corrected chi connectivity index (χ3v) is 4.46. The molecule has 1 saturated carbocycles. The van der Waals surface area contributed by atoms with E-state index < -0.39 is 0 Å². The molecule has 0 aliphatic heterocycles. The largest absolute Gasteiger partial charge is 0.512 e. The molecule has 0 bridgehead atoms. The third-order valence-electron chi connectivity index (χ3n) is 4.46. The predicted molar refractivity (Wildman–Crippen MR) is 74.3 cm³/mol. The molecular weight excluding hydrogens is 256 g/mol. The second-order valence-electron chi connectivity index (χ2n) is 5.74. The number of hydrogen-bond acceptors (Lipinski definition) is 5. The summed E-state index contributed by atoms with van der Waals surface area (Å²) in [7, 11) is 1.75. The predicted octanol–water partition coefficient (Wildman–Crippen LogP) is 3.59. The number of ether oxygens (including phenoxy) is 1. The molecule has 5 nitrogen and oxygen atoms in total. The van der Waals surface area contributed by atoms with Gasteiger partial charge >= 0.3 is 0 Å². The summed E-state index contributed by atoms with van der Waals surface area (Å²) in [5.74, 6) is 1.77. The summed E-state index contributed by atoms with van der Waals surface area (Å²) >= 11 is 0. The van der Waals surface area contributed by atoms with Crippen LogP contribution in [0.25, 0.3) is 5.57 Å². The van der Waals surface area contributed by atoms with Crippen molar-refractivity contribution < 1.29 is 14.3 Å². The van der Waals surface area contributed by atoms with E-state index in [1.165, 1.54) is 12.8 Å². The molecule has 1 aromatic rings. The van der Waals surface area contributed by atoms with Crippen molar-refractivity contribution in [1.82, 2.24) is 10.2 Å². The van der Waals surface area contributed by atoms with Crippen LogP contribution in [0, 0.1) is 0 Å². The Morgan fingerprint density at radius 1 is 1.10 bits per heavy atom. The molecule has 0 aromatic carbocycles. The zero-order valence-electron chi connectivity index (χ0n) is 12.0. The van der Waals surface area contributed by atoms with Gasteiger partial charge in [0.25, 0.3) is 0 Å². The van der Waals surface area contributed by atoms with Crippen molar-refractivity contribution in [3.8, 4) is 0 Å². The van der Waals surface area contributed by atoms with E-state index in [9.17, 15) is 5.11 Å². The first kappa shape index (κ1) is 13.6. The highest BCUT2D eigenvalue weighted by Gasteiger charge is 2.31. The Bertz CT molecular complexity index is 495. The summed E-state index contributed by atoms with van der Waals surface area (Å²) in [6.07, 6.45) is 8.27. The van der Waals surface area contributed by atoms with E-state index in [4.69, 9.17) is 9.15 Å². The van der Waals surface area contributed by atoms with Crippen LogP contribution in [-0.4, -0.2) is 28.5 Å². The van der Waals surface area contributed by atoms with Crippen LogP contribution in [-0.2, 0) is 4.74 Å². The summed E-state index contributed by atoms with van der Waals surface area (Å²) in [6.45, 7) is 0. The van der Waals surface area contributed by atoms with Crippen LogP contribution in [0.2, 0.25) is 0 Å². The molecule has 1 heterocycles. The van der Waals surface area contributed by atoms with E-state index in [2.05, 4.69) is 10.2 Å². The third kappa shape index (κ3) is 2.59. The van der Waals surface area contributed by atoms with Gasteiger partial charge in [-0.05, 0) is 32.1 Å². The molecule has 2 unspecified atom stereocenters. The minimum Gasteiger partial charge on any atom is -0.512 e. The van der Waals surface area contributed by atoms with Crippen LogP contribution in [0.1, 0.15) is 69.1 Å². The van der Waals surface area contributed by atoms with Crippen LogP contribution in [0.3, 0.4) is 0 Å². The maximum Gasteiger partial charge on any atom is 0.247 e. The maximum atomic E-state index is 9.97. The van der Waals surface area contributed by atoms with Gasteiger partial charge in [0, 0.05) is 13.5 Å². The van der Waals surface area contributed by atoms with Crippen molar-refractivity contribution in [3.05, 3.63) is 17.5 Å². The molecule has 0 saturated heterocycles. The molecule has 2 atom stereocenters. The van der Waals surface area contributed by atoms with Crippen molar-refractivity contribution in [3.63, 3.8) is 0 Å². The van der Waals surface area contributed by atoms with Gasteiger partial charge in [-0.1, -0.05) is 12.8 Å². The highest BCUT2D eigenvalue weighted by Crippen LogP contribution is 2.36. The molecule has 20 heavy (non-hydrogen) atoms. The normalized spacial score (nSPS) is 27.9. The lowest BCUT2D eigenvalue weighted by Crippen LogP contribution is -2.25. The number of hydrogen-bond donors (Lipinski definition) is 1. The second-order valence-corrected chi connectivity index (χ2v) is 5.74. The highest BCUT2D eigenvalue weighted by atomic mass is 16.5. The van der Waals surface area contributed by atoms with Gasteiger partial charge in [-0.25, -0.2) is 0 Å². The lowest BCUT2D eigenvalue weighted by Gasteiger charge is -2.27. The van der Waals surface area contributed by atoms with E-state index in [1.54, 1.807) is 7.11 Å². The van der Waals surface area contributed by atoms with E-state index in [0.29, 0.717) is 17.5 Å². The summed E-state index contributed by atoms with van der Waals surface area (Å²) in [5.41, 5.74) is 0.833. The zero-order valence-corrected chi connectivity index (χ0v) is 12.0. The second kappa shape index (κ2) is 5.95. The van der Waals surface area contributed by atoms with E-state index in [-0.39, 0.29) is 12.0 Å². The van der Waals surface area contributed by atoms with Crippen LogP contribution < -0.4 is 0 Å². The number of aromatic nitrogens is 2. The quantitative estimate of drug-likeness (QED) is 0.915. The van der Waals surface area contributed by atoms with Gasteiger partial charge < -0.3 is 14.3 Å². The van der Waals surface area contributed by atoms with Crippen LogP contribution in [0.15, 0.2) is 10.2 Å². The molecule has 1 N–H and O–H groups in total. The number of rotatable bonds is 3. The van der Waals surface area contributed by atoms with Crippen LogP contribution in [0.4, 0.5) is 0 Å². The topological polar surface area (TPSA) is 68.4 Å². The Balaban J connectivity index is 1.82. The summed E-state index contributed by atoms with van der Waals surface area (Å²) in [6, 6.07) is 0. The fourth-order valence-corrected chi connectivity index (χ4v) is 3.29. The average Bonchev–Trinajstić information content (AvgIpc) is 2.97. The molecular formula is C15H22N2O3. The SMILES string of the molecule is COC1CCCCC1c1nnc(C2=C(O)CCCC2)o1. The molecule has 0 amide bonds. The van der Waals surface area contributed by atoms with Gasteiger partial charge in [0.05, 0.1) is 17.6 Å². The Morgan fingerprint density at radius 3 is 2.70 bits per heavy atom. The lowest BCUT2D eigenvalue weighted by molar-refractivity contribution is 0.0439. The Labute approximate surface area is 119 Å². The van der Waals surface area contributed by atoms with Crippen LogP contribution in [0.5, 0.6) is 0 Å². The lowest BCUT2D eigenvalue weighted by atomic mass is 9.86. The maximum absolute atomic E-state index is 9.97. The first-order chi connectivity index (χ1) is 9.79. The molecule has 0 spiro atoms. The van der Waals surface area contributed by atoms with E-state index in [0.717, 1.165) is 44.1 Å². The van der Waals surface area contributed by atoms with Gasteiger partial charge in [-0.2, -0.15) is 0 Å². The Morgan fingerprint density at radius 2 is 1.90 bits per heavy atom. The van der Waals surface area contributed by atoms with Crippen molar-refractivity contribution in [2.75, 3.05) is 7.11 Å². The van der Waals surface area contributed by atoms with Crippen molar-refractivity contribution in [2.24, 2.45) is 0 Å². The minimum atomic E-state index is 0.172. The smallest absolute Gasteiger partial charge is 0.247 e. The van der Waals surface area contributed by atoms with Gasteiger partial charge in [0.2, 0.25) is 11.8 Å².